The van der Waals surface area contributed by atoms with E-state index in [1.165, 1.54) is 0 Å². The summed E-state index contributed by atoms with van der Waals surface area (Å²) in [5.74, 6) is 0.841. The van der Waals surface area contributed by atoms with E-state index in [4.69, 9.17) is 0 Å². The van der Waals surface area contributed by atoms with Crippen LogP contribution in [-0.4, -0.2) is 27.9 Å². The van der Waals surface area contributed by atoms with Crippen molar-refractivity contribution in [2.45, 2.75) is 0 Å². The van der Waals surface area contributed by atoms with E-state index >= 15 is 0 Å². The second-order valence-corrected chi connectivity index (χ2v) is 3.07. The molecule has 0 aromatic carbocycles. The molecule has 0 fully saturated rings. The summed E-state index contributed by atoms with van der Waals surface area (Å²) in [7, 11) is 1.75. The van der Waals surface area contributed by atoms with Crippen molar-refractivity contribution in [1.29, 1.82) is 0 Å². The molecule has 0 aliphatic rings. The van der Waals surface area contributed by atoms with Gasteiger partial charge in [0.05, 0.1) is 0 Å². The maximum absolute atomic E-state index is 11.8. The molecular weight excluding hydrogens is 206 g/mol. The molecule has 2 aromatic rings. The molecule has 0 atom stereocenters. The Morgan fingerprint density at radius 3 is 2.94 bits per heavy atom. The van der Waals surface area contributed by atoms with E-state index in [2.05, 4.69) is 25.6 Å². The number of H-pyrrole nitrogens is 1. The van der Waals surface area contributed by atoms with Crippen molar-refractivity contribution in [2.24, 2.45) is 0 Å². The molecular formula is C10H11N5O. The molecule has 0 bridgehead atoms. The lowest BCUT2D eigenvalue weighted by molar-refractivity contribution is 0.102. The van der Waals surface area contributed by atoms with E-state index in [0.717, 1.165) is 0 Å². The fourth-order valence-electron chi connectivity index (χ4n) is 1.22. The predicted molar refractivity (Wildman–Crippen MR) is 60.3 cm³/mol. The molecule has 16 heavy (non-hydrogen) atoms. The van der Waals surface area contributed by atoms with Crippen molar-refractivity contribution < 1.29 is 4.79 Å². The average Bonchev–Trinajstić information content (AvgIpc) is 2.82. The van der Waals surface area contributed by atoms with Crippen LogP contribution in [0.15, 0.2) is 30.7 Å². The van der Waals surface area contributed by atoms with Crippen LogP contribution >= 0.6 is 0 Å². The summed E-state index contributed by atoms with van der Waals surface area (Å²) in [5, 5.41) is 5.49. The highest BCUT2D eigenvalue weighted by molar-refractivity contribution is 6.03. The maximum atomic E-state index is 11.8. The molecule has 6 heteroatoms. The Hall–Kier alpha value is -2.37. The summed E-state index contributed by atoms with van der Waals surface area (Å²) in [6, 6.07) is 3.30. The van der Waals surface area contributed by atoms with Crippen molar-refractivity contribution in [1.82, 2.24) is 15.0 Å². The van der Waals surface area contributed by atoms with E-state index in [-0.39, 0.29) is 5.91 Å². The van der Waals surface area contributed by atoms with Crippen LogP contribution < -0.4 is 10.6 Å². The number of rotatable bonds is 3. The zero-order valence-electron chi connectivity index (χ0n) is 8.69. The number of imidazole rings is 1. The largest absolute Gasteiger partial charge is 0.373 e. The van der Waals surface area contributed by atoms with Gasteiger partial charge in [-0.2, -0.15) is 0 Å². The molecule has 2 rings (SSSR count). The number of amides is 1. The third-order valence-corrected chi connectivity index (χ3v) is 2.01. The third kappa shape index (κ3) is 2.17. The monoisotopic (exact) mass is 217 g/mol. The van der Waals surface area contributed by atoms with Crippen LogP contribution in [0.3, 0.4) is 0 Å². The summed E-state index contributed by atoms with van der Waals surface area (Å²) >= 11 is 0. The van der Waals surface area contributed by atoms with Crippen LogP contribution in [0, 0.1) is 0 Å². The highest BCUT2D eigenvalue weighted by Gasteiger charge is 2.07. The Labute approximate surface area is 92.1 Å². The van der Waals surface area contributed by atoms with E-state index < -0.39 is 0 Å². The molecule has 0 saturated heterocycles. The minimum atomic E-state index is -0.228. The molecule has 2 aromatic heterocycles. The van der Waals surface area contributed by atoms with Crippen molar-refractivity contribution in [3.8, 4) is 0 Å². The van der Waals surface area contributed by atoms with Crippen LogP contribution in [0.1, 0.15) is 10.4 Å². The van der Waals surface area contributed by atoms with Gasteiger partial charge < -0.3 is 10.3 Å². The normalized spacial score (nSPS) is 9.81. The summed E-state index contributed by atoms with van der Waals surface area (Å²) in [5.41, 5.74) is 0.524. The molecule has 0 spiro atoms. The Balaban J connectivity index is 2.14. The lowest BCUT2D eigenvalue weighted by Gasteiger charge is -2.03. The number of pyridine rings is 1. The van der Waals surface area contributed by atoms with Crippen LogP contribution in [0.5, 0.6) is 0 Å². The van der Waals surface area contributed by atoms with E-state index in [1.54, 1.807) is 37.8 Å². The number of aromatic amines is 1. The zero-order valence-corrected chi connectivity index (χ0v) is 8.69. The van der Waals surface area contributed by atoms with Gasteiger partial charge in [-0.15, -0.1) is 0 Å². The Kier molecular flexibility index (Phi) is 2.81. The summed E-state index contributed by atoms with van der Waals surface area (Å²) < 4.78 is 0. The van der Waals surface area contributed by atoms with Crippen LogP contribution in [0.4, 0.5) is 11.8 Å². The molecule has 3 N–H and O–H groups in total. The van der Waals surface area contributed by atoms with Gasteiger partial charge >= 0.3 is 0 Å². The number of aromatic nitrogens is 3. The minimum absolute atomic E-state index is 0.228. The van der Waals surface area contributed by atoms with Gasteiger partial charge in [0.25, 0.3) is 5.91 Å². The fourth-order valence-corrected chi connectivity index (χ4v) is 1.22. The quantitative estimate of drug-likeness (QED) is 0.719. The molecule has 2 heterocycles. The van der Waals surface area contributed by atoms with E-state index in [9.17, 15) is 4.79 Å². The first-order valence-corrected chi connectivity index (χ1v) is 4.74. The first-order valence-electron chi connectivity index (χ1n) is 4.74. The van der Waals surface area contributed by atoms with E-state index in [1.807, 2.05) is 0 Å². The van der Waals surface area contributed by atoms with E-state index in [0.29, 0.717) is 17.3 Å². The predicted octanol–water partition coefficient (Wildman–Crippen LogP) is 1.10. The molecule has 1 amide bonds. The van der Waals surface area contributed by atoms with Crippen LogP contribution in [0.2, 0.25) is 0 Å². The fraction of sp³-hybridized carbons (Fsp3) is 0.100. The number of nitrogens with zero attached hydrogens (tertiary/aromatic N) is 2. The summed E-state index contributed by atoms with van der Waals surface area (Å²) in [6.45, 7) is 0. The van der Waals surface area contributed by atoms with Gasteiger partial charge in [0.2, 0.25) is 5.95 Å². The third-order valence-electron chi connectivity index (χ3n) is 2.01. The van der Waals surface area contributed by atoms with Gasteiger partial charge in [-0.1, -0.05) is 0 Å². The standard InChI is InChI=1S/C10H11N5O/c1-11-8-6-7(2-3-12-8)9(16)15-10-13-4-5-14-10/h2-6H,1H3,(H,11,12)(H2,13,14,15,16). The number of nitrogens with one attached hydrogen (secondary N) is 3. The van der Waals surface area contributed by atoms with Crippen LogP contribution in [-0.2, 0) is 0 Å². The molecule has 0 unspecified atom stereocenters. The van der Waals surface area contributed by atoms with Gasteiger partial charge in [-0.25, -0.2) is 9.97 Å². The van der Waals surface area contributed by atoms with Gasteiger partial charge in [0, 0.05) is 31.2 Å². The number of carbonyl (C=O) groups excluding carboxylic acids is 1. The first kappa shape index (κ1) is 10.2. The topological polar surface area (TPSA) is 82.7 Å². The molecule has 6 nitrogen and oxygen atoms in total. The number of carbonyl (C=O) groups is 1. The van der Waals surface area contributed by atoms with Crippen molar-refractivity contribution >= 4 is 17.7 Å². The lowest BCUT2D eigenvalue weighted by Crippen LogP contribution is -2.13. The smallest absolute Gasteiger partial charge is 0.258 e. The molecule has 0 aliphatic carbocycles. The number of anilines is 2. The molecule has 0 aliphatic heterocycles. The van der Waals surface area contributed by atoms with Crippen molar-refractivity contribution in [3.05, 3.63) is 36.3 Å². The van der Waals surface area contributed by atoms with Gasteiger partial charge in [0.1, 0.15) is 5.82 Å². The second kappa shape index (κ2) is 4.43. The maximum Gasteiger partial charge on any atom is 0.258 e. The number of hydrogen-bond acceptors (Lipinski definition) is 4. The highest BCUT2D eigenvalue weighted by Crippen LogP contribution is 2.07. The van der Waals surface area contributed by atoms with Crippen molar-refractivity contribution in [2.75, 3.05) is 17.7 Å². The highest BCUT2D eigenvalue weighted by atomic mass is 16.1. The molecule has 0 radical (unpaired) electrons. The lowest BCUT2D eigenvalue weighted by atomic mass is 10.2. The minimum Gasteiger partial charge on any atom is -0.373 e. The molecule has 82 valence electrons. The Bertz CT molecular complexity index is 480. The Morgan fingerprint density at radius 1 is 1.38 bits per heavy atom. The number of hydrogen-bond donors (Lipinski definition) is 3. The van der Waals surface area contributed by atoms with Crippen LogP contribution in [0.25, 0.3) is 0 Å². The molecule has 0 saturated carbocycles. The van der Waals surface area contributed by atoms with Gasteiger partial charge in [-0.05, 0) is 12.1 Å². The van der Waals surface area contributed by atoms with Gasteiger partial charge in [0.15, 0.2) is 0 Å². The second-order valence-electron chi connectivity index (χ2n) is 3.07. The van der Waals surface area contributed by atoms with Gasteiger partial charge in [-0.3, -0.25) is 10.1 Å². The first-order chi connectivity index (χ1) is 7.79. The zero-order chi connectivity index (χ0) is 11.4. The summed E-state index contributed by atoms with van der Waals surface area (Å²) in [6.07, 6.45) is 4.78. The van der Waals surface area contributed by atoms with Crippen molar-refractivity contribution in [3.63, 3.8) is 0 Å². The SMILES string of the molecule is CNc1cc(C(=O)Nc2ncc[nH]2)ccn1. The average molecular weight is 217 g/mol. The Morgan fingerprint density at radius 2 is 2.25 bits per heavy atom. The summed E-state index contributed by atoms with van der Waals surface area (Å²) in [4.78, 5) is 22.5.